The van der Waals surface area contributed by atoms with Gasteiger partial charge in [0, 0.05) is 34.6 Å². The zero-order valence-electron chi connectivity index (χ0n) is 17.1. The molecule has 158 valence electrons. The van der Waals surface area contributed by atoms with Crippen LogP contribution >= 0.6 is 22.9 Å². The van der Waals surface area contributed by atoms with E-state index in [2.05, 4.69) is 10.3 Å². The Morgan fingerprint density at radius 3 is 2.87 bits per heavy atom. The van der Waals surface area contributed by atoms with E-state index in [1.165, 1.54) is 11.3 Å². The van der Waals surface area contributed by atoms with Crippen LogP contribution in [0, 0.1) is 0 Å². The van der Waals surface area contributed by atoms with Crippen LogP contribution in [0.2, 0.25) is 5.02 Å². The fourth-order valence-electron chi connectivity index (χ4n) is 3.34. The molecule has 30 heavy (non-hydrogen) atoms. The summed E-state index contributed by atoms with van der Waals surface area (Å²) in [6.07, 6.45) is 2.18. The normalized spacial score (nSPS) is 13.9. The van der Waals surface area contributed by atoms with Gasteiger partial charge in [-0.15, -0.1) is 0 Å². The molecule has 4 rings (SSSR count). The number of nitrogens with zero attached hydrogens (tertiary/aromatic N) is 3. The number of rotatable bonds is 3. The van der Waals surface area contributed by atoms with Gasteiger partial charge in [-0.05, 0) is 44.4 Å². The van der Waals surface area contributed by atoms with Crippen molar-refractivity contribution in [1.29, 1.82) is 0 Å². The summed E-state index contributed by atoms with van der Waals surface area (Å²) in [4.78, 5) is 32.1. The quantitative estimate of drug-likeness (QED) is 0.633. The SMILES string of the molecule is CC(C)(C)OC(=O)N1CCc2nc(NC(=O)Cn3ccc4ccc(Cl)cc43)sc2C1. The molecule has 0 atom stereocenters. The van der Waals surface area contributed by atoms with Crippen LogP contribution in [0.15, 0.2) is 30.5 Å². The summed E-state index contributed by atoms with van der Waals surface area (Å²) in [5.74, 6) is -0.164. The van der Waals surface area contributed by atoms with Crippen LogP contribution in [0.25, 0.3) is 10.9 Å². The highest BCUT2D eigenvalue weighted by atomic mass is 35.5. The molecule has 2 amide bonds. The van der Waals surface area contributed by atoms with Gasteiger partial charge in [-0.1, -0.05) is 29.0 Å². The van der Waals surface area contributed by atoms with Crippen molar-refractivity contribution in [3.8, 4) is 0 Å². The smallest absolute Gasteiger partial charge is 0.410 e. The number of hydrogen-bond donors (Lipinski definition) is 1. The molecule has 0 unspecified atom stereocenters. The fourth-order valence-corrected chi connectivity index (χ4v) is 4.55. The lowest BCUT2D eigenvalue weighted by Gasteiger charge is -2.29. The number of nitrogens with one attached hydrogen (secondary N) is 1. The average Bonchev–Trinajstić information content (AvgIpc) is 3.22. The highest BCUT2D eigenvalue weighted by Crippen LogP contribution is 2.29. The molecule has 9 heteroatoms. The number of hydrogen-bond acceptors (Lipinski definition) is 5. The van der Waals surface area contributed by atoms with E-state index in [1.807, 2.05) is 55.8 Å². The molecule has 1 aliphatic heterocycles. The van der Waals surface area contributed by atoms with E-state index in [4.69, 9.17) is 16.3 Å². The third-order valence-electron chi connectivity index (χ3n) is 4.68. The highest BCUT2D eigenvalue weighted by Gasteiger charge is 2.28. The summed E-state index contributed by atoms with van der Waals surface area (Å²) in [7, 11) is 0. The molecule has 3 heterocycles. The zero-order chi connectivity index (χ0) is 21.5. The fraction of sp³-hybridized carbons (Fsp3) is 0.381. The summed E-state index contributed by atoms with van der Waals surface area (Å²) in [6.45, 7) is 6.71. The number of anilines is 1. The number of fused-ring (bicyclic) bond motifs is 2. The van der Waals surface area contributed by atoms with Gasteiger partial charge in [0.15, 0.2) is 5.13 Å². The van der Waals surface area contributed by atoms with Gasteiger partial charge in [-0.25, -0.2) is 9.78 Å². The van der Waals surface area contributed by atoms with Crippen LogP contribution in [0.3, 0.4) is 0 Å². The second-order valence-corrected chi connectivity index (χ2v) is 9.76. The Balaban J connectivity index is 1.41. The molecule has 3 aromatic rings. The monoisotopic (exact) mass is 446 g/mol. The van der Waals surface area contributed by atoms with Crippen LogP contribution in [0.1, 0.15) is 31.3 Å². The first kappa shape index (κ1) is 20.7. The first-order valence-electron chi connectivity index (χ1n) is 9.69. The number of amides is 2. The lowest BCUT2D eigenvalue weighted by Crippen LogP contribution is -2.39. The summed E-state index contributed by atoms with van der Waals surface area (Å²) >= 11 is 7.48. The minimum Gasteiger partial charge on any atom is -0.444 e. The summed E-state index contributed by atoms with van der Waals surface area (Å²) in [6, 6.07) is 7.55. The molecule has 0 fully saturated rings. The van der Waals surface area contributed by atoms with Crippen molar-refractivity contribution in [1.82, 2.24) is 14.5 Å². The van der Waals surface area contributed by atoms with E-state index in [9.17, 15) is 9.59 Å². The molecule has 1 aromatic carbocycles. The molecular weight excluding hydrogens is 424 g/mol. The van der Waals surface area contributed by atoms with Crippen LogP contribution in [0.5, 0.6) is 0 Å². The lowest BCUT2D eigenvalue weighted by atomic mass is 10.2. The second-order valence-electron chi connectivity index (χ2n) is 8.24. The van der Waals surface area contributed by atoms with Crippen molar-refractivity contribution in [2.75, 3.05) is 11.9 Å². The maximum absolute atomic E-state index is 12.6. The Hall–Kier alpha value is -2.58. The van der Waals surface area contributed by atoms with Crippen molar-refractivity contribution < 1.29 is 14.3 Å². The van der Waals surface area contributed by atoms with Gasteiger partial charge in [-0.2, -0.15) is 0 Å². The van der Waals surface area contributed by atoms with Crippen molar-refractivity contribution in [2.45, 2.75) is 45.9 Å². The van der Waals surface area contributed by atoms with Gasteiger partial charge < -0.3 is 19.5 Å². The predicted molar refractivity (Wildman–Crippen MR) is 118 cm³/mol. The second kappa shape index (κ2) is 7.92. The number of ether oxygens (including phenoxy) is 1. The summed E-state index contributed by atoms with van der Waals surface area (Å²) in [5, 5.41) is 5.08. The number of halogens is 1. The number of carbonyl (C=O) groups is 2. The van der Waals surface area contributed by atoms with Crippen molar-refractivity contribution in [3.05, 3.63) is 46.1 Å². The van der Waals surface area contributed by atoms with E-state index < -0.39 is 5.60 Å². The maximum atomic E-state index is 12.6. The lowest BCUT2D eigenvalue weighted by molar-refractivity contribution is -0.116. The highest BCUT2D eigenvalue weighted by molar-refractivity contribution is 7.15. The Kier molecular flexibility index (Phi) is 5.46. The Morgan fingerprint density at radius 2 is 2.10 bits per heavy atom. The average molecular weight is 447 g/mol. The molecule has 0 radical (unpaired) electrons. The third kappa shape index (κ3) is 4.60. The molecule has 1 aliphatic rings. The van der Waals surface area contributed by atoms with Gasteiger partial charge in [0.2, 0.25) is 5.91 Å². The van der Waals surface area contributed by atoms with Crippen molar-refractivity contribution >= 4 is 51.0 Å². The Morgan fingerprint density at radius 1 is 1.30 bits per heavy atom. The topological polar surface area (TPSA) is 76.5 Å². The number of carbonyl (C=O) groups excluding carboxylic acids is 2. The largest absolute Gasteiger partial charge is 0.444 e. The summed E-state index contributed by atoms with van der Waals surface area (Å²) < 4.78 is 7.31. The van der Waals surface area contributed by atoms with Gasteiger partial charge in [0.1, 0.15) is 12.1 Å². The Bertz CT molecular complexity index is 1120. The minimum atomic E-state index is -0.531. The van der Waals surface area contributed by atoms with Gasteiger partial charge in [-0.3, -0.25) is 4.79 Å². The van der Waals surface area contributed by atoms with Crippen LogP contribution in [-0.4, -0.2) is 38.6 Å². The van der Waals surface area contributed by atoms with Gasteiger partial charge in [0.25, 0.3) is 0 Å². The summed E-state index contributed by atoms with van der Waals surface area (Å²) in [5.41, 5.74) is 1.30. The van der Waals surface area contributed by atoms with Crippen LogP contribution in [0.4, 0.5) is 9.93 Å². The minimum absolute atomic E-state index is 0.164. The molecule has 0 saturated heterocycles. The van der Waals surface area contributed by atoms with Crippen molar-refractivity contribution in [3.63, 3.8) is 0 Å². The van der Waals surface area contributed by atoms with E-state index in [1.54, 1.807) is 4.90 Å². The van der Waals surface area contributed by atoms with E-state index in [0.717, 1.165) is 21.5 Å². The number of benzene rings is 1. The molecule has 0 saturated carbocycles. The number of thiazole rings is 1. The van der Waals surface area contributed by atoms with Crippen LogP contribution in [-0.2, 0) is 29.0 Å². The molecule has 1 N–H and O–H groups in total. The van der Waals surface area contributed by atoms with E-state index in [-0.39, 0.29) is 18.5 Å². The molecule has 0 aliphatic carbocycles. The number of aromatic nitrogens is 2. The zero-order valence-corrected chi connectivity index (χ0v) is 18.6. The van der Waals surface area contributed by atoms with Gasteiger partial charge >= 0.3 is 6.09 Å². The molecular formula is C21H23ClN4O3S. The molecule has 0 spiro atoms. The first-order chi connectivity index (χ1) is 14.2. The Labute approximate surface area is 183 Å². The third-order valence-corrected chi connectivity index (χ3v) is 5.91. The van der Waals surface area contributed by atoms with Crippen molar-refractivity contribution in [2.24, 2.45) is 0 Å². The molecule has 0 bridgehead atoms. The molecule has 7 nitrogen and oxygen atoms in total. The molecule has 2 aromatic heterocycles. The van der Waals surface area contributed by atoms with E-state index in [0.29, 0.717) is 29.7 Å². The van der Waals surface area contributed by atoms with E-state index >= 15 is 0 Å². The standard InChI is InChI=1S/C21H23ClN4O3S/c1-21(2,3)29-20(28)26-9-7-15-17(11-26)30-19(23-15)24-18(27)12-25-8-6-13-4-5-14(22)10-16(13)25/h4-6,8,10H,7,9,11-12H2,1-3H3,(H,23,24,27). The predicted octanol–water partition coefficient (Wildman–Crippen LogP) is 4.68. The van der Waals surface area contributed by atoms with Gasteiger partial charge in [0.05, 0.1) is 12.2 Å². The first-order valence-corrected chi connectivity index (χ1v) is 10.9. The van der Waals surface area contributed by atoms with Crippen LogP contribution < -0.4 is 5.32 Å². The maximum Gasteiger partial charge on any atom is 0.410 e.